The second-order valence-electron chi connectivity index (χ2n) is 8.18. The van der Waals surface area contributed by atoms with Crippen LogP contribution in [0.5, 0.6) is 5.75 Å². The summed E-state index contributed by atoms with van der Waals surface area (Å²) in [6.07, 6.45) is 0.0687. The first-order valence-corrected chi connectivity index (χ1v) is 11.2. The van der Waals surface area contributed by atoms with Crippen LogP contribution in [0.2, 0.25) is 0 Å². The third-order valence-corrected chi connectivity index (χ3v) is 5.65. The average Bonchev–Trinajstić information content (AvgIpc) is 3.50. The fraction of sp³-hybridized carbons (Fsp3) is 0.160. The van der Waals surface area contributed by atoms with E-state index in [0.717, 1.165) is 29.1 Å². The topological polar surface area (TPSA) is 122 Å². The first-order valence-electron chi connectivity index (χ1n) is 11.2. The lowest BCUT2D eigenvalue weighted by Crippen LogP contribution is -2.26. The maximum atomic E-state index is 14.7. The van der Waals surface area contributed by atoms with Gasteiger partial charge in [-0.1, -0.05) is 0 Å². The zero-order valence-electron chi connectivity index (χ0n) is 19.6. The van der Waals surface area contributed by atoms with Crippen LogP contribution in [0.4, 0.5) is 22.4 Å². The standard InChI is InChI=1S/C25H17F4N7O2/c1-2-32-24(37)38-18-9-15(26)8-16-20-22(36-6-4-19(35-36)25(27,28)29)17(12-33-23(20)34-21(16)18)14-7-13(3-5-30)10-31-11-14/h4,6-12H,2-3H2,1H3,(H,32,37)(H,33,34). The number of aromatic nitrogens is 5. The first kappa shape index (κ1) is 24.7. The van der Waals surface area contributed by atoms with Crippen LogP contribution in [-0.4, -0.2) is 37.4 Å². The molecule has 1 amide bonds. The third-order valence-electron chi connectivity index (χ3n) is 5.65. The molecule has 0 fully saturated rings. The smallest absolute Gasteiger partial charge is 0.408 e. The van der Waals surface area contributed by atoms with Crippen molar-refractivity contribution in [1.82, 2.24) is 30.0 Å². The Morgan fingerprint density at radius 3 is 2.76 bits per heavy atom. The molecule has 0 saturated heterocycles. The maximum absolute atomic E-state index is 14.7. The number of halogens is 4. The Morgan fingerprint density at radius 2 is 2.05 bits per heavy atom. The van der Waals surface area contributed by atoms with Crippen molar-refractivity contribution in [1.29, 1.82) is 5.26 Å². The van der Waals surface area contributed by atoms with Crippen molar-refractivity contribution < 1.29 is 27.1 Å². The minimum Gasteiger partial charge on any atom is -0.408 e. The summed E-state index contributed by atoms with van der Waals surface area (Å²) < 4.78 is 61.3. The molecule has 0 unspecified atom stereocenters. The molecule has 0 spiro atoms. The molecule has 9 nitrogen and oxygen atoms in total. The zero-order valence-corrected chi connectivity index (χ0v) is 19.6. The van der Waals surface area contributed by atoms with Gasteiger partial charge in [0.05, 0.1) is 29.1 Å². The molecule has 0 aliphatic carbocycles. The van der Waals surface area contributed by atoms with Crippen molar-refractivity contribution >= 4 is 28.0 Å². The van der Waals surface area contributed by atoms with E-state index in [0.29, 0.717) is 16.7 Å². The predicted molar refractivity (Wildman–Crippen MR) is 128 cm³/mol. The Labute approximate surface area is 211 Å². The van der Waals surface area contributed by atoms with E-state index in [1.807, 2.05) is 6.07 Å². The van der Waals surface area contributed by atoms with Crippen molar-refractivity contribution in [2.75, 3.05) is 6.54 Å². The van der Waals surface area contributed by atoms with Gasteiger partial charge in [-0.3, -0.25) is 4.98 Å². The van der Waals surface area contributed by atoms with Crippen LogP contribution >= 0.6 is 0 Å². The van der Waals surface area contributed by atoms with Gasteiger partial charge < -0.3 is 15.0 Å². The number of pyridine rings is 2. The lowest BCUT2D eigenvalue weighted by Gasteiger charge is -2.12. The quantitative estimate of drug-likeness (QED) is 0.302. The van der Waals surface area contributed by atoms with E-state index < -0.39 is 23.8 Å². The maximum Gasteiger partial charge on any atom is 0.435 e. The van der Waals surface area contributed by atoms with E-state index in [2.05, 4.69) is 25.4 Å². The number of nitriles is 1. The number of nitrogens with zero attached hydrogens (tertiary/aromatic N) is 5. The Hall–Kier alpha value is -4.99. The number of hydrogen-bond acceptors (Lipinski definition) is 6. The highest BCUT2D eigenvalue weighted by atomic mass is 19.4. The monoisotopic (exact) mass is 523 g/mol. The van der Waals surface area contributed by atoms with Crippen molar-refractivity contribution in [3.8, 4) is 28.6 Å². The third kappa shape index (κ3) is 4.47. The summed E-state index contributed by atoms with van der Waals surface area (Å²) in [6.45, 7) is 1.96. The van der Waals surface area contributed by atoms with Crippen molar-refractivity contribution in [2.45, 2.75) is 19.5 Å². The number of H-pyrrole nitrogens is 1. The van der Waals surface area contributed by atoms with Crippen LogP contribution in [0, 0.1) is 17.1 Å². The Balaban J connectivity index is 1.83. The number of rotatable bonds is 5. The number of ether oxygens (including phenoxy) is 1. The van der Waals surface area contributed by atoms with Gasteiger partial charge in [0.1, 0.15) is 11.5 Å². The molecular formula is C25H17F4N7O2. The van der Waals surface area contributed by atoms with Gasteiger partial charge in [-0.2, -0.15) is 23.5 Å². The number of alkyl halides is 3. The van der Waals surface area contributed by atoms with Crippen LogP contribution < -0.4 is 10.1 Å². The summed E-state index contributed by atoms with van der Waals surface area (Å²) in [6, 6.07) is 6.68. The highest BCUT2D eigenvalue weighted by molar-refractivity contribution is 6.14. The lowest BCUT2D eigenvalue weighted by atomic mass is 10.0. The summed E-state index contributed by atoms with van der Waals surface area (Å²) in [7, 11) is 0. The predicted octanol–water partition coefficient (Wildman–Crippen LogP) is 5.30. The number of nitrogens with one attached hydrogen (secondary N) is 2. The fourth-order valence-electron chi connectivity index (χ4n) is 4.11. The van der Waals surface area contributed by atoms with Crippen LogP contribution in [0.1, 0.15) is 18.2 Å². The van der Waals surface area contributed by atoms with Crippen molar-refractivity contribution in [3.05, 3.63) is 66.1 Å². The molecule has 0 radical (unpaired) electrons. The van der Waals surface area contributed by atoms with Crippen molar-refractivity contribution in [3.63, 3.8) is 0 Å². The molecule has 192 valence electrons. The van der Waals surface area contributed by atoms with Gasteiger partial charge >= 0.3 is 12.3 Å². The molecule has 1 aromatic carbocycles. The van der Waals surface area contributed by atoms with Gasteiger partial charge in [-0.25, -0.2) is 18.9 Å². The van der Waals surface area contributed by atoms with E-state index in [4.69, 9.17) is 10.00 Å². The number of carbonyl (C=O) groups is 1. The normalized spacial score (nSPS) is 11.6. The molecule has 5 rings (SSSR count). The summed E-state index contributed by atoms with van der Waals surface area (Å²) in [4.78, 5) is 23.6. The molecule has 38 heavy (non-hydrogen) atoms. The molecule has 0 aliphatic heterocycles. The highest BCUT2D eigenvalue weighted by Crippen LogP contribution is 2.40. The van der Waals surface area contributed by atoms with Crippen molar-refractivity contribution in [2.24, 2.45) is 0 Å². The minimum atomic E-state index is -4.70. The number of amides is 1. The average molecular weight is 523 g/mol. The van der Waals surface area contributed by atoms with E-state index in [-0.39, 0.29) is 46.3 Å². The van der Waals surface area contributed by atoms with Crippen LogP contribution in [-0.2, 0) is 12.6 Å². The molecule has 0 atom stereocenters. The summed E-state index contributed by atoms with van der Waals surface area (Å²) in [5, 5.41) is 15.7. The molecule has 4 heterocycles. The van der Waals surface area contributed by atoms with Gasteiger partial charge in [-0.05, 0) is 30.7 Å². The summed E-state index contributed by atoms with van der Waals surface area (Å²) in [5.74, 6) is -0.881. The molecule has 0 saturated carbocycles. The highest BCUT2D eigenvalue weighted by Gasteiger charge is 2.34. The number of aromatic amines is 1. The summed E-state index contributed by atoms with van der Waals surface area (Å²) >= 11 is 0. The largest absolute Gasteiger partial charge is 0.435 e. The van der Waals surface area contributed by atoms with Gasteiger partial charge in [0.15, 0.2) is 11.4 Å². The SMILES string of the molecule is CCNC(=O)Oc1cc(F)cc2c1[nH]c1ncc(-c3cncc(CC#N)c3)c(-n3ccc(C(F)(F)F)n3)c12. The summed E-state index contributed by atoms with van der Waals surface area (Å²) in [5.41, 5.74) is 0.787. The molecule has 2 N–H and O–H groups in total. The first-order chi connectivity index (χ1) is 18.2. The van der Waals surface area contributed by atoms with Gasteiger partial charge in [-0.15, -0.1) is 0 Å². The molecule has 4 aromatic heterocycles. The van der Waals surface area contributed by atoms with E-state index in [9.17, 15) is 22.4 Å². The van der Waals surface area contributed by atoms with Gasteiger partial charge in [0, 0.05) is 53.9 Å². The second kappa shape index (κ2) is 9.47. The second-order valence-corrected chi connectivity index (χ2v) is 8.18. The Morgan fingerprint density at radius 1 is 1.24 bits per heavy atom. The Bertz CT molecular complexity index is 1730. The molecule has 5 aromatic rings. The molecule has 0 bridgehead atoms. The van der Waals surface area contributed by atoms with Crippen LogP contribution in [0.3, 0.4) is 0 Å². The van der Waals surface area contributed by atoms with Crippen LogP contribution in [0.15, 0.2) is 49.1 Å². The number of benzene rings is 1. The number of hydrogen-bond donors (Lipinski definition) is 2. The van der Waals surface area contributed by atoms with E-state index in [1.54, 1.807) is 13.0 Å². The fourth-order valence-corrected chi connectivity index (χ4v) is 4.11. The van der Waals surface area contributed by atoms with E-state index >= 15 is 0 Å². The van der Waals surface area contributed by atoms with Crippen LogP contribution in [0.25, 0.3) is 38.8 Å². The molecule has 0 aliphatic rings. The minimum absolute atomic E-state index is 0.0602. The number of fused-ring (bicyclic) bond motifs is 3. The zero-order chi connectivity index (χ0) is 27.0. The molecule has 13 heteroatoms. The number of carbonyl (C=O) groups excluding carboxylic acids is 1. The molecular weight excluding hydrogens is 506 g/mol. The Kier molecular flexibility index (Phi) is 6.15. The lowest BCUT2D eigenvalue weighted by molar-refractivity contribution is -0.141. The van der Waals surface area contributed by atoms with Gasteiger partial charge in [0.25, 0.3) is 0 Å². The van der Waals surface area contributed by atoms with Gasteiger partial charge in [0.2, 0.25) is 0 Å². The van der Waals surface area contributed by atoms with E-state index in [1.165, 1.54) is 18.6 Å².